The van der Waals surface area contributed by atoms with Gasteiger partial charge in [-0.3, -0.25) is 4.79 Å². The van der Waals surface area contributed by atoms with Gasteiger partial charge in [0.25, 0.3) is 0 Å². The van der Waals surface area contributed by atoms with Gasteiger partial charge in [-0.05, 0) is 34.1 Å². The predicted molar refractivity (Wildman–Crippen MR) is 56.3 cm³/mol. The Morgan fingerprint density at radius 2 is 1.80 bits per heavy atom. The second kappa shape index (κ2) is 5.73. The molecular formula is C11H20O4. The molecule has 0 saturated heterocycles. The van der Waals surface area contributed by atoms with Gasteiger partial charge in [-0.1, -0.05) is 6.92 Å². The third-order valence-corrected chi connectivity index (χ3v) is 2.34. The van der Waals surface area contributed by atoms with Crippen LogP contribution in [0.2, 0.25) is 0 Å². The van der Waals surface area contributed by atoms with E-state index in [4.69, 9.17) is 9.47 Å². The van der Waals surface area contributed by atoms with Crippen molar-refractivity contribution in [1.29, 1.82) is 0 Å². The number of esters is 2. The molecule has 0 amide bonds. The Bertz CT molecular complexity index is 233. The van der Waals surface area contributed by atoms with Gasteiger partial charge in [0.15, 0.2) is 6.10 Å². The van der Waals surface area contributed by atoms with Crippen LogP contribution in [0.15, 0.2) is 0 Å². The highest BCUT2D eigenvalue weighted by molar-refractivity contribution is 5.81. The van der Waals surface area contributed by atoms with Crippen molar-refractivity contribution in [2.75, 3.05) is 6.61 Å². The fraction of sp³-hybridized carbons (Fsp3) is 0.818. The Morgan fingerprint density at radius 1 is 1.27 bits per heavy atom. The van der Waals surface area contributed by atoms with Crippen LogP contribution in [-0.4, -0.2) is 24.6 Å². The fourth-order valence-electron chi connectivity index (χ4n) is 0.772. The SMILES string of the molecule is CCOC(=O)C(C)OC(=O)C(C)(C)CC. The largest absolute Gasteiger partial charge is 0.463 e. The topological polar surface area (TPSA) is 52.6 Å². The van der Waals surface area contributed by atoms with E-state index in [1.54, 1.807) is 20.8 Å². The highest BCUT2D eigenvalue weighted by Crippen LogP contribution is 2.22. The molecule has 0 heterocycles. The number of hydrogen-bond donors (Lipinski definition) is 0. The molecule has 4 heteroatoms. The minimum Gasteiger partial charge on any atom is -0.463 e. The lowest BCUT2D eigenvalue weighted by Crippen LogP contribution is -2.33. The highest BCUT2D eigenvalue weighted by atomic mass is 16.6. The fourth-order valence-corrected chi connectivity index (χ4v) is 0.772. The highest BCUT2D eigenvalue weighted by Gasteiger charge is 2.30. The molecule has 88 valence electrons. The van der Waals surface area contributed by atoms with Crippen molar-refractivity contribution in [2.45, 2.75) is 47.1 Å². The van der Waals surface area contributed by atoms with E-state index in [1.807, 2.05) is 6.92 Å². The predicted octanol–water partition coefficient (Wildman–Crippen LogP) is 1.92. The molecule has 0 radical (unpaired) electrons. The molecule has 1 unspecified atom stereocenters. The Morgan fingerprint density at radius 3 is 2.20 bits per heavy atom. The average Bonchev–Trinajstić information content (AvgIpc) is 2.17. The van der Waals surface area contributed by atoms with Gasteiger partial charge in [0.05, 0.1) is 12.0 Å². The van der Waals surface area contributed by atoms with Crippen LogP contribution in [0.3, 0.4) is 0 Å². The molecule has 0 saturated carbocycles. The van der Waals surface area contributed by atoms with Crippen LogP contribution in [0.4, 0.5) is 0 Å². The van der Waals surface area contributed by atoms with Gasteiger partial charge in [-0.2, -0.15) is 0 Å². The van der Waals surface area contributed by atoms with Crippen LogP contribution in [0.1, 0.15) is 41.0 Å². The summed E-state index contributed by atoms with van der Waals surface area (Å²) in [6, 6.07) is 0. The summed E-state index contributed by atoms with van der Waals surface area (Å²) in [4.78, 5) is 22.8. The molecule has 0 aliphatic carbocycles. The normalized spacial score (nSPS) is 13.1. The van der Waals surface area contributed by atoms with Gasteiger partial charge >= 0.3 is 11.9 Å². The summed E-state index contributed by atoms with van der Waals surface area (Å²) in [6.45, 7) is 8.98. The van der Waals surface area contributed by atoms with E-state index in [2.05, 4.69) is 0 Å². The third kappa shape index (κ3) is 4.32. The van der Waals surface area contributed by atoms with Crippen molar-refractivity contribution in [3.8, 4) is 0 Å². The van der Waals surface area contributed by atoms with Crippen LogP contribution in [0.5, 0.6) is 0 Å². The first-order valence-corrected chi connectivity index (χ1v) is 5.22. The van der Waals surface area contributed by atoms with Gasteiger partial charge in [0.1, 0.15) is 0 Å². The second-order valence-electron chi connectivity index (χ2n) is 4.04. The molecule has 0 aromatic carbocycles. The third-order valence-electron chi connectivity index (χ3n) is 2.34. The first-order chi connectivity index (χ1) is 6.85. The zero-order chi connectivity index (χ0) is 12.1. The molecule has 0 aliphatic rings. The minimum atomic E-state index is -0.830. The van der Waals surface area contributed by atoms with Crippen molar-refractivity contribution in [2.24, 2.45) is 5.41 Å². The lowest BCUT2D eigenvalue weighted by atomic mass is 9.91. The Labute approximate surface area is 90.9 Å². The van der Waals surface area contributed by atoms with Gasteiger partial charge in [-0.15, -0.1) is 0 Å². The molecule has 0 N–H and O–H groups in total. The summed E-state index contributed by atoms with van der Waals surface area (Å²) in [6.07, 6.45) is -0.162. The monoisotopic (exact) mass is 216 g/mol. The summed E-state index contributed by atoms with van der Waals surface area (Å²) in [7, 11) is 0. The van der Waals surface area contributed by atoms with Gasteiger partial charge < -0.3 is 9.47 Å². The Balaban J connectivity index is 4.24. The van der Waals surface area contributed by atoms with Gasteiger partial charge in [0.2, 0.25) is 0 Å². The van der Waals surface area contributed by atoms with Gasteiger partial charge in [-0.25, -0.2) is 4.79 Å². The van der Waals surface area contributed by atoms with Crippen molar-refractivity contribution in [1.82, 2.24) is 0 Å². The second-order valence-corrected chi connectivity index (χ2v) is 4.04. The van der Waals surface area contributed by atoms with E-state index < -0.39 is 17.5 Å². The summed E-state index contributed by atoms with van der Waals surface area (Å²) < 4.78 is 9.74. The Hall–Kier alpha value is -1.06. The lowest BCUT2D eigenvalue weighted by molar-refractivity contribution is -0.172. The maximum absolute atomic E-state index is 11.6. The van der Waals surface area contributed by atoms with Crippen molar-refractivity contribution < 1.29 is 19.1 Å². The van der Waals surface area contributed by atoms with E-state index in [0.29, 0.717) is 6.42 Å². The van der Waals surface area contributed by atoms with E-state index in [1.165, 1.54) is 6.92 Å². The number of carbonyl (C=O) groups is 2. The quantitative estimate of drug-likeness (QED) is 0.659. The van der Waals surface area contributed by atoms with E-state index in [0.717, 1.165) is 0 Å². The van der Waals surface area contributed by atoms with Crippen molar-refractivity contribution in [3.05, 3.63) is 0 Å². The van der Waals surface area contributed by atoms with Crippen LogP contribution >= 0.6 is 0 Å². The summed E-state index contributed by atoms with van der Waals surface area (Å²) in [5.74, 6) is -0.872. The molecule has 1 atom stereocenters. The molecule has 0 fully saturated rings. The van der Waals surface area contributed by atoms with Crippen LogP contribution in [0.25, 0.3) is 0 Å². The lowest BCUT2D eigenvalue weighted by Gasteiger charge is -2.22. The minimum absolute atomic E-state index is 0.290. The number of ether oxygens (including phenoxy) is 2. The number of carbonyl (C=O) groups excluding carboxylic acids is 2. The average molecular weight is 216 g/mol. The van der Waals surface area contributed by atoms with Crippen LogP contribution in [-0.2, 0) is 19.1 Å². The van der Waals surface area contributed by atoms with Crippen molar-refractivity contribution >= 4 is 11.9 Å². The molecule has 0 aliphatic heterocycles. The number of hydrogen-bond acceptors (Lipinski definition) is 4. The first kappa shape index (κ1) is 13.9. The van der Waals surface area contributed by atoms with Crippen LogP contribution < -0.4 is 0 Å². The van der Waals surface area contributed by atoms with Crippen LogP contribution in [0, 0.1) is 5.41 Å². The molecular weight excluding hydrogens is 196 g/mol. The Kier molecular flexibility index (Phi) is 5.33. The first-order valence-electron chi connectivity index (χ1n) is 5.22. The summed E-state index contributed by atoms with van der Waals surface area (Å²) in [5, 5.41) is 0. The zero-order valence-corrected chi connectivity index (χ0v) is 10.1. The molecule has 0 spiro atoms. The summed E-state index contributed by atoms with van der Waals surface area (Å²) >= 11 is 0. The van der Waals surface area contributed by atoms with E-state index in [-0.39, 0.29) is 12.6 Å². The molecule has 0 aromatic rings. The maximum Gasteiger partial charge on any atom is 0.347 e. The smallest absolute Gasteiger partial charge is 0.347 e. The zero-order valence-electron chi connectivity index (χ0n) is 10.1. The summed E-state index contributed by atoms with van der Waals surface area (Å²) in [5.41, 5.74) is -0.555. The molecule has 4 nitrogen and oxygen atoms in total. The maximum atomic E-state index is 11.6. The van der Waals surface area contributed by atoms with Crippen molar-refractivity contribution in [3.63, 3.8) is 0 Å². The van der Waals surface area contributed by atoms with E-state index >= 15 is 0 Å². The number of rotatable bonds is 5. The molecule has 0 bridgehead atoms. The standard InChI is InChI=1S/C11H20O4/c1-6-11(4,5)10(13)15-8(3)9(12)14-7-2/h8H,6-7H2,1-5H3. The van der Waals surface area contributed by atoms with E-state index in [9.17, 15) is 9.59 Å². The molecule has 0 aromatic heterocycles. The molecule has 0 rings (SSSR count). The molecule has 15 heavy (non-hydrogen) atoms. The van der Waals surface area contributed by atoms with Gasteiger partial charge in [0, 0.05) is 0 Å².